The number of amides is 1. The first kappa shape index (κ1) is 14.0. The SMILES string of the molecule is NCCCN1CCC(NC=O)(c2ccccc2)CC1. The lowest BCUT2D eigenvalue weighted by Gasteiger charge is -2.42. The van der Waals surface area contributed by atoms with Crippen LogP contribution in [0.25, 0.3) is 0 Å². The Bertz CT molecular complexity index is 386. The van der Waals surface area contributed by atoms with Crippen molar-refractivity contribution < 1.29 is 4.79 Å². The van der Waals surface area contributed by atoms with E-state index in [0.717, 1.165) is 51.9 Å². The lowest BCUT2D eigenvalue weighted by atomic mass is 9.81. The van der Waals surface area contributed by atoms with Gasteiger partial charge in [0.1, 0.15) is 0 Å². The first-order chi connectivity index (χ1) is 9.30. The maximum absolute atomic E-state index is 11.0. The number of nitrogens with one attached hydrogen (secondary N) is 1. The minimum Gasteiger partial charge on any atom is -0.349 e. The van der Waals surface area contributed by atoms with E-state index in [9.17, 15) is 4.79 Å². The maximum atomic E-state index is 11.0. The molecule has 0 saturated carbocycles. The zero-order chi connectivity index (χ0) is 13.6. The molecule has 1 aliphatic heterocycles. The van der Waals surface area contributed by atoms with Crippen LogP contribution in [0.4, 0.5) is 0 Å². The molecule has 0 atom stereocenters. The summed E-state index contributed by atoms with van der Waals surface area (Å²) in [5.74, 6) is 0. The van der Waals surface area contributed by atoms with Crippen LogP contribution in [-0.4, -0.2) is 37.5 Å². The first-order valence-corrected chi connectivity index (χ1v) is 7.00. The van der Waals surface area contributed by atoms with Gasteiger partial charge in [0.05, 0.1) is 5.54 Å². The van der Waals surface area contributed by atoms with Crippen LogP contribution >= 0.6 is 0 Å². The quantitative estimate of drug-likeness (QED) is 0.753. The highest BCUT2D eigenvalue weighted by Crippen LogP contribution is 2.32. The van der Waals surface area contributed by atoms with Gasteiger partial charge >= 0.3 is 0 Å². The van der Waals surface area contributed by atoms with Gasteiger partial charge in [0.25, 0.3) is 0 Å². The molecule has 104 valence electrons. The summed E-state index contributed by atoms with van der Waals surface area (Å²) in [6, 6.07) is 10.3. The van der Waals surface area contributed by atoms with E-state index in [-0.39, 0.29) is 5.54 Å². The van der Waals surface area contributed by atoms with Gasteiger partial charge in [0, 0.05) is 13.1 Å². The standard InChI is InChI=1S/C15H23N3O/c16-9-4-10-18-11-7-15(8-12-18,17-13-19)14-5-2-1-3-6-14/h1-3,5-6,13H,4,7-12,16H2,(H,17,19). The molecule has 0 aliphatic carbocycles. The molecule has 1 amide bonds. The molecule has 1 aromatic carbocycles. The van der Waals surface area contributed by atoms with E-state index >= 15 is 0 Å². The second-order valence-electron chi connectivity index (χ2n) is 5.19. The van der Waals surface area contributed by atoms with E-state index < -0.39 is 0 Å². The van der Waals surface area contributed by atoms with Crippen molar-refractivity contribution in [1.29, 1.82) is 0 Å². The van der Waals surface area contributed by atoms with Gasteiger partial charge in [0.2, 0.25) is 6.41 Å². The highest BCUT2D eigenvalue weighted by molar-refractivity contribution is 5.50. The maximum Gasteiger partial charge on any atom is 0.207 e. The Morgan fingerprint density at radius 2 is 1.95 bits per heavy atom. The predicted octanol–water partition coefficient (Wildman–Crippen LogP) is 1.07. The zero-order valence-corrected chi connectivity index (χ0v) is 11.3. The van der Waals surface area contributed by atoms with Crippen LogP contribution in [0.1, 0.15) is 24.8 Å². The van der Waals surface area contributed by atoms with Crippen LogP contribution in [0.5, 0.6) is 0 Å². The molecule has 0 radical (unpaired) electrons. The van der Waals surface area contributed by atoms with Crippen molar-refractivity contribution >= 4 is 6.41 Å². The van der Waals surface area contributed by atoms with E-state index in [1.165, 1.54) is 5.56 Å². The summed E-state index contributed by atoms with van der Waals surface area (Å²) in [4.78, 5) is 13.4. The molecule has 1 saturated heterocycles. The molecule has 19 heavy (non-hydrogen) atoms. The van der Waals surface area contributed by atoms with Crippen molar-refractivity contribution in [1.82, 2.24) is 10.2 Å². The Morgan fingerprint density at radius 1 is 1.26 bits per heavy atom. The molecule has 4 nitrogen and oxygen atoms in total. The molecule has 1 aromatic rings. The number of hydrogen-bond acceptors (Lipinski definition) is 3. The third-order valence-corrected chi connectivity index (χ3v) is 4.05. The van der Waals surface area contributed by atoms with Crippen molar-refractivity contribution in [2.75, 3.05) is 26.2 Å². The van der Waals surface area contributed by atoms with Crippen LogP contribution in [0.3, 0.4) is 0 Å². The van der Waals surface area contributed by atoms with Gasteiger partial charge in [-0.05, 0) is 37.9 Å². The molecule has 2 rings (SSSR count). The average Bonchev–Trinajstić information content (AvgIpc) is 2.48. The van der Waals surface area contributed by atoms with E-state index in [2.05, 4.69) is 22.3 Å². The molecule has 4 heteroatoms. The fourth-order valence-corrected chi connectivity index (χ4v) is 2.86. The van der Waals surface area contributed by atoms with Crippen molar-refractivity contribution in [3.63, 3.8) is 0 Å². The van der Waals surface area contributed by atoms with Crippen molar-refractivity contribution in [3.8, 4) is 0 Å². The fourth-order valence-electron chi connectivity index (χ4n) is 2.86. The summed E-state index contributed by atoms with van der Waals surface area (Å²) < 4.78 is 0. The Labute approximate surface area is 115 Å². The third-order valence-electron chi connectivity index (χ3n) is 4.05. The van der Waals surface area contributed by atoms with Gasteiger partial charge in [-0.3, -0.25) is 4.79 Å². The lowest BCUT2D eigenvalue weighted by Crippen LogP contribution is -2.51. The number of rotatable bonds is 6. The number of nitrogens with zero attached hydrogens (tertiary/aromatic N) is 1. The number of hydrogen-bond donors (Lipinski definition) is 2. The Balaban J connectivity index is 2.05. The Hall–Kier alpha value is -1.39. The van der Waals surface area contributed by atoms with Crippen LogP contribution < -0.4 is 11.1 Å². The largest absolute Gasteiger partial charge is 0.349 e. The van der Waals surface area contributed by atoms with Crippen molar-refractivity contribution in [2.45, 2.75) is 24.8 Å². The van der Waals surface area contributed by atoms with Gasteiger partial charge < -0.3 is 16.0 Å². The molecule has 0 spiro atoms. The third kappa shape index (κ3) is 3.33. The van der Waals surface area contributed by atoms with E-state index in [1.807, 2.05) is 18.2 Å². The van der Waals surface area contributed by atoms with Gasteiger partial charge in [-0.1, -0.05) is 30.3 Å². The van der Waals surface area contributed by atoms with Gasteiger partial charge in [-0.25, -0.2) is 0 Å². The lowest BCUT2D eigenvalue weighted by molar-refractivity contribution is -0.112. The molecular formula is C15H23N3O. The summed E-state index contributed by atoms with van der Waals surface area (Å²) in [5.41, 5.74) is 6.57. The van der Waals surface area contributed by atoms with Crippen LogP contribution in [-0.2, 0) is 10.3 Å². The van der Waals surface area contributed by atoms with E-state index in [1.54, 1.807) is 0 Å². The second kappa shape index (κ2) is 6.68. The van der Waals surface area contributed by atoms with Gasteiger partial charge in [0.15, 0.2) is 0 Å². The Kier molecular flexibility index (Phi) is 4.93. The van der Waals surface area contributed by atoms with Crippen LogP contribution in [0, 0.1) is 0 Å². The number of benzene rings is 1. The second-order valence-corrected chi connectivity index (χ2v) is 5.19. The smallest absolute Gasteiger partial charge is 0.207 e. The Morgan fingerprint density at radius 3 is 2.53 bits per heavy atom. The summed E-state index contributed by atoms with van der Waals surface area (Å²) in [7, 11) is 0. The first-order valence-electron chi connectivity index (χ1n) is 7.00. The highest BCUT2D eigenvalue weighted by atomic mass is 16.1. The number of carbonyl (C=O) groups excluding carboxylic acids is 1. The summed E-state index contributed by atoms with van der Waals surface area (Å²) in [6.07, 6.45) is 3.79. The molecule has 3 N–H and O–H groups in total. The predicted molar refractivity (Wildman–Crippen MR) is 76.7 cm³/mol. The highest BCUT2D eigenvalue weighted by Gasteiger charge is 2.35. The van der Waals surface area contributed by atoms with Gasteiger partial charge in [-0.2, -0.15) is 0 Å². The van der Waals surface area contributed by atoms with Crippen molar-refractivity contribution in [2.24, 2.45) is 5.73 Å². The minimum atomic E-state index is -0.192. The number of piperidine rings is 1. The van der Waals surface area contributed by atoms with Crippen LogP contribution in [0.2, 0.25) is 0 Å². The van der Waals surface area contributed by atoms with Crippen LogP contribution in [0.15, 0.2) is 30.3 Å². The number of nitrogens with two attached hydrogens (primary N) is 1. The molecule has 0 unspecified atom stereocenters. The van der Waals surface area contributed by atoms with Gasteiger partial charge in [-0.15, -0.1) is 0 Å². The molecular weight excluding hydrogens is 238 g/mol. The molecule has 1 fully saturated rings. The monoisotopic (exact) mass is 261 g/mol. The number of carbonyl (C=O) groups is 1. The average molecular weight is 261 g/mol. The summed E-state index contributed by atoms with van der Waals surface area (Å²) in [5, 5.41) is 3.06. The summed E-state index contributed by atoms with van der Waals surface area (Å²) in [6.45, 7) is 3.82. The molecule has 0 aromatic heterocycles. The fraction of sp³-hybridized carbons (Fsp3) is 0.533. The molecule has 1 heterocycles. The number of likely N-dealkylation sites (tertiary alicyclic amines) is 1. The molecule has 1 aliphatic rings. The topological polar surface area (TPSA) is 58.4 Å². The summed E-state index contributed by atoms with van der Waals surface area (Å²) >= 11 is 0. The molecule has 0 bridgehead atoms. The van der Waals surface area contributed by atoms with E-state index in [4.69, 9.17) is 5.73 Å². The van der Waals surface area contributed by atoms with Crippen molar-refractivity contribution in [3.05, 3.63) is 35.9 Å². The normalized spacial score (nSPS) is 19.0. The minimum absolute atomic E-state index is 0.192. The zero-order valence-electron chi connectivity index (χ0n) is 11.3. The van der Waals surface area contributed by atoms with E-state index in [0.29, 0.717) is 0 Å².